The van der Waals surface area contributed by atoms with E-state index in [9.17, 15) is 4.79 Å². The molecule has 0 saturated heterocycles. The molecule has 1 amide bonds. The molecule has 1 N–H and O–H groups in total. The number of carbonyl (C=O) groups is 1. The summed E-state index contributed by atoms with van der Waals surface area (Å²) in [6, 6.07) is 10.6. The van der Waals surface area contributed by atoms with Gasteiger partial charge in [-0.1, -0.05) is 13.3 Å². The Balaban J connectivity index is 1.95. The van der Waals surface area contributed by atoms with Gasteiger partial charge in [-0.2, -0.15) is 5.10 Å². The number of amides is 1. The summed E-state index contributed by atoms with van der Waals surface area (Å²) in [5, 5.41) is 10.7. The quantitative estimate of drug-likeness (QED) is 0.828. The number of rotatable bonds is 6. The molecular formula is C16H19N3O2. The molecule has 0 fully saturated rings. The van der Waals surface area contributed by atoms with Crippen molar-refractivity contribution < 1.29 is 9.53 Å². The summed E-state index contributed by atoms with van der Waals surface area (Å²) in [5.74, 6) is 0.990. The molecule has 0 aliphatic carbocycles. The topological polar surface area (TPSA) is 64.1 Å². The second-order valence-corrected chi connectivity index (χ2v) is 4.75. The highest BCUT2D eigenvalue weighted by molar-refractivity contribution is 5.94. The minimum Gasteiger partial charge on any atom is -0.438 e. The van der Waals surface area contributed by atoms with Crippen LogP contribution in [0.3, 0.4) is 0 Å². The van der Waals surface area contributed by atoms with Crippen LogP contribution < -0.4 is 10.1 Å². The van der Waals surface area contributed by atoms with E-state index in [1.54, 1.807) is 30.3 Å². The van der Waals surface area contributed by atoms with Gasteiger partial charge in [-0.15, -0.1) is 5.10 Å². The Morgan fingerprint density at radius 1 is 1.14 bits per heavy atom. The Morgan fingerprint density at radius 2 is 1.90 bits per heavy atom. The van der Waals surface area contributed by atoms with Crippen molar-refractivity contribution >= 4 is 5.91 Å². The van der Waals surface area contributed by atoms with E-state index in [-0.39, 0.29) is 5.91 Å². The Labute approximate surface area is 124 Å². The van der Waals surface area contributed by atoms with Crippen LogP contribution in [0.25, 0.3) is 0 Å². The standard InChI is InChI=1S/C16H19N3O2/c1-3-4-11-17-16(20)13-6-8-14(9-7-13)21-15-10-5-12(2)18-19-15/h5-10H,3-4,11H2,1-2H3,(H,17,20). The molecule has 0 aliphatic heterocycles. The van der Waals surface area contributed by atoms with E-state index in [0.29, 0.717) is 23.7 Å². The average molecular weight is 285 g/mol. The molecule has 0 aliphatic rings. The number of unbranched alkanes of at least 4 members (excludes halogenated alkanes) is 1. The van der Waals surface area contributed by atoms with Crippen molar-refractivity contribution in [3.05, 3.63) is 47.7 Å². The molecule has 0 radical (unpaired) electrons. The van der Waals surface area contributed by atoms with Crippen molar-refractivity contribution in [2.75, 3.05) is 6.54 Å². The van der Waals surface area contributed by atoms with Crippen LogP contribution in [0.15, 0.2) is 36.4 Å². The first-order chi connectivity index (χ1) is 10.2. The molecule has 0 unspecified atom stereocenters. The van der Waals surface area contributed by atoms with Gasteiger partial charge in [-0.3, -0.25) is 4.79 Å². The summed E-state index contributed by atoms with van der Waals surface area (Å²) in [6.07, 6.45) is 2.05. The van der Waals surface area contributed by atoms with Gasteiger partial charge in [-0.25, -0.2) is 0 Å². The van der Waals surface area contributed by atoms with Crippen molar-refractivity contribution in [2.45, 2.75) is 26.7 Å². The second kappa shape index (κ2) is 7.38. The molecule has 5 nitrogen and oxygen atoms in total. The minimum atomic E-state index is -0.0647. The second-order valence-electron chi connectivity index (χ2n) is 4.75. The lowest BCUT2D eigenvalue weighted by molar-refractivity contribution is 0.0953. The summed E-state index contributed by atoms with van der Waals surface area (Å²) in [6.45, 7) is 4.65. The number of hydrogen-bond donors (Lipinski definition) is 1. The fourth-order valence-corrected chi connectivity index (χ4v) is 1.72. The molecule has 0 bridgehead atoms. The maximum absolute atomic E-state index is 11.9. The zero-order chi connectivity index (χ0) is 15.1. The highest BCUT2D eigenvalue weighted by Gasteiger charge is 2.05. The predicted octanol–water partition coefficient (Wildman–Crippen LogP) is 3.11. The third-order valence-corrected chi connectivity index (χ3v) is 2.93. The zero-order valence-corrected chi connectivity index (χ0v) is 12.3. The van der Waals surface area contributed by atoms with E-state index in [4.69, 9.17) is 4.74 Å². The number of nitrogens with zero attached hydrogens (tertiary/aromatic N) is 2. The highest BCUT2D eigenvalue weighted by Crippen LogP contribution is 2.19. The van der Waals surface area contributed by atoms with E-state index >= 15 is 0 Å². The lowest BCUT2D eigenvalue weighted by Crippen LogP contribution is -2.24. The molecule has 1 aromatic carbocycles. The van der Waals surface area contributed by atoms with Crippen LogP contribution in [0.4, 0.5) is 0 Å². The van der Waals surface area contributed by atoms with Gasteiger partial charge in [0.05, 0.1) is 5.69 Å². The maximum atomic E-state index is 11.9. The molecule has 1 heterocycles. The van der Waals surface area contributed by atoms with E-state index in [1.165, 1.54) is 0 Å². The Bertz CT molecular complexity index is 579. The smallest absolute Gasteiger partial charge is 0.251 e. The summed E-state index contributed by atoms with van der Waals surface area (Å²) in [4.78, 5) is 11.9. The monoisotopic (exact) mass is 285 g/mol. The number of aromatic nitrogens is 2. The predicted molar refractivity (Wildman–Crippen MR) is 80.5 cm³/mol. The molecule has 0 spiro atoms. The molecule has 5 heteroatoms. The van der Waals surface area contributed by atoms with Crippen molar-refractivity contribution in [1.82, 2.24) is 15.5 Å². The van der Waals surface area contributed by atoms with Crippen molar-refractivity contribution in [3.8, 4) is 11.6 Å². The van der Waals surface area contributed by atoms with Crippen molar-refractivity contribution in [3.63, 3.8) is 0 Å². The van der Waals surface area contributed by atoms with Gasteiger partial charge in [0.15, 0.2) is 0 Å². The molecule has 0 saturated carbocycles. The van der Waals surface area contributed by atoms with E-state index in [0.717, 1.165) is 18.5 Å². The summed E-state index contributed by atoms with van der Waals surface area (Å²) >= 11 is 0. The number of ether oxygens (including phenoxy) is 1. The van der Waals surface area contributed by atoms with E-state index < -0.39 is 0 Å². The lowest BCUT2D eigenvalue weighted by atomic mass is 10.2. The van der Waals surface area contributed by atoms with Crippen molar-refractivity contribution in [2.24, 2.45) is 0 Å². The van der Waals surface area contributed by atoms with Crippen LogP contribution in [0.1, 0.15) is 35.8 Å². The zero-order valence-electron chi connectivity index (χ0n) is 12.3. The average Bonchev–Trinajstić information content (AvgIpc) is 2.50. The Kier molecular flexibility index (Phi) is 5.26. The Morgan fingerprint density at radius 3 is 2.52 bits per heavy atom. The van der Waals surface area contributed by atoms with Crippen LogP contribution in [0, 0.1) is 6.92 Å². The Hall–Kier alpha value is -2.43. The fourth-order valence-electron chi connectivity index (χ4n) is 1.72. The van der Waals surface area contributed by atoms with Crippen LogP contribution in [-0.4, -0.2) is 22.6 Å². The maximum Gasteiger partial charge on any atom is 0.251 e. The van der Waals surface area contributed by atoms with Gasteiger partial charge < -0.3 is 10.1 Å². The van der Waals surface area contributed by atoms with Crippen molar-refractivity contribution in [1.29, 1.82) is 0 Å². The SMILES string of the molecule is CCCCNC(=O)c1ccc(Oc2ccc(C)nn2)cc1. The van der Waals surface area contributed by atoms with E-state index in [1.807, 2.05) is 13.0 Å². The first-order valence-corrected chi connectivity index (χ1v) is 7.05. The molecule has 2 rings (SSSR count). The number of aryl methyl sites for hydroxylation is 1. The number of hydrogen-bond acceptors (Lipinski definition) is 4. The summed E-state index contributed by atoms with van der Waals surface area (Å²) in [7, 11) is 0. The van der Waals surface area contributed by atoms with Gasteiger partial charge in [0.2, 0.25) is 5.88 Å². The third-order valence-electron chi connectivity index (χ3n) is 2.93. The van der Waals surface area contributed by atoms with Gasteiger partial charge >= 0.3 is 0 Å². The number of carbonyl (C=O) groups excluding carboxylic acids is 1. The van der Waals surface area contributed by atoms with Crippen LogP contribution in [-0.2, 0) is 0 Å². The van der Waals surface area contributed by atoms with Crippen LogP contribution >= 0.6 is 0 Å². The third kappa shape index (κ3) is 4.56. The van der Waals surface area contributed by atoms with E-state index in [2.05, 4.69) is 22.4 Å². The molecule has 21 heavy (non-hydrogen) atoms. The molecule has 110 valence electrons. The highest BCUT2D eigenvalue weighted by atomic mass is 16.5. The molecular weight excluding hydrogens is 266 g/mol. The summed E-state index contributed by atoms with van der Waals surface area (Å²) < 4.78 is 5.56. The number of nitrogens with one attached hydrogen (secondary N) is 1. The summed E-state index contributed by atoms with van der Waals surface area (Å²) in [5.41, 5.74) is 1.45. The largest absolute Gasteiger partial charge is 0.438 e. The molecule has 2 aromatic rings. The van der Waals surface area contributed by atoms with Gasteiger partial charge in [-0.05, 0) is 43.7 Å². The fraction of sp³-hybridized carbons (Fsp3) is 0.312. The first kappa shape index (κ1) is 15.0. The lowest BCUT2D eigenvalue weighted by Gasteiger charge is -2.06. The molecule has 0 atom stereocenters. The molecule has 1 aromatic heterocycles. The van der Waals surface area contributed by atoms with Crippen LogP contribution in [0.5, 0.6) is 11.6 Å². The number of benzene rings is 1. The van der Waals surface area contributed by atoms with Gasteiger partial charge in [0.1, 0.15) is 5.75 Å². The normalized spacial score (nSPS) is 10.2. The van der Waals surface area contributed by atoms with Crippen LogP contribution in [0.2, 0.25) is 0 Å². The van der Waals surface area contributed by atoms with Gasteiger partial charge in [0.25, 0.3) is 5.91 Å². The van der Waals surface area contributed by atoms with Gasteiger partial charge in [0, 0.05) is 18.2 Å². The first-order valence-electron chi connectivity index (χ1n) is 7.05. The minimum absolute atomic E-state index is 0.0647.